The summed E-state index contributed by atoms with van der Waals surface area (Å²) in [5.74, 6) is -1.32. The van der Waals surface area contributed by atoms with Gasteiger partial charge in [0.1, 0.15) is 5.70 Å². The fourth-order valence-corrected chi connectivity index (χ4v) is 3.82. The van der Waals surface area contributed by atoms with Gasteiger partial charge >= 0.3 is 0 Å². The zero-order chi connectivity index (χ0) is 28.5. The molecule has 0 radical (unpaired) electrons. The second kappa shape index (κ2) is 12.7. The van der Waals surface area contributed by atoms with Gasteiger partial charge in [-0.1, -0.05) is 54.6 Å². The van der Waals surface area contributed by atoms with E-state index in [4.69, 9.17) is 0 Å². The average Bonchev–Trinajstić information content (AvgIpc) is 2.97. The third-order valence-electron chi connectivity index (χ3n) is 5.99. The molecular formula is C32H25N3O5. The molecule has 0 atom stereocenters. The van der Waals surface area contributed by atoms with E-state index in [1.165, 1.54) is 30.4 Å². The lowest BCUT2D eigenvalue weighted by atomic mass is 10.1. The van der Waals surface area contributed by atoms with Crippen LogP contribution in [0, 0.1) is 17.0 Å². The molecule has 2 N–H and O–H groups in total. The number of nitrogens with zero attached hydrogens (tertiary/aromatic N) is 1. The summed E-state index contributed by atoms with van der Waals surface area (Å²) in [6.45, 7) is 1.90. The Morgan fingerprint density at radius 3 is 2.05 bits per heavy atom. The molecule has 4 aromatic carbocycles. The van der Waals surface area contributed by atoms with Crippen LogP contribution in [0.25, 0.3) is 12.2 Å². The molecule has 8 nitrogen and oxygen atoms in total. The molecule has 4 aromatic rings. The maximum atomic E-state index is 13.2. The van der Waals surface area contributed by atoms with Crippen LogP contribution < -0.4 is 10.6 Å². The molecule has 0 aromatic heterocycles. The van der Waals surface area contributed by atoms with Crippen molar-refractivity contribution in [3.8, 4) is 0 Å². The second-order valence-corrected chi connectivity index (χ2v) is 8.78. The first kappa shape index (κ1) is 27.4. The number of carbonyl (C=O) groups is 3. The van der Waals surface area contributed by atoms with E-state index in [9.17, 15) is 24.5 Å². The van der Waals surface area contributed by atoms with Crippen molar-refractivity contribution < 1.29 is 19.3 Å². The Bertz CT molecular complexity index is 1620. The van der Waals surface area contributed by atoms with Crippen molar-refractivity contribution in [3.05, 3.63) is 153 Å². The minimum absolute atomic E-state index is 0.0516. The zero-order valence-corrected chi connectivity index (χ0v) is 21.5. The van der Waals surface area contributed by atoms with Crippen molar-refractivity contribution in [2.45, 2.75) is 6.92 Å². The predicted octanol–water partition coefficient (Wildman–Crippen LogP) is 6.21. The lowest BCUT2D eigenvalue weighted by Crippen LogP contribution is -2.30. The van der Waals surface area contributed by atoms with Crippen LogP contribution in [-0.2, 0) is 4.79 Å². The molecule has 0 saturated carbocycles. The molecule has 0 saturated heterocycles. The average molecular weight is 532 g/mol. The van der Waals surface area contributed by atoms with Gasteiger partial charge in [0.2, 0.25) is 0 Å². The number of carbonyl (C=O) groups excluding carboxylic acids is 3. The Morgan fingerprint density at radius 1 is 0.750 bits per heavy atom. The number of hydrogen-bond acceptors (Lipinski definition) is 5. The number of nitro groups is 1. The summed E-state index contributed by atoms with van der Waals surface area (Å²) in [5, 5.41) is 16.6. The maximum absolute atomic E-state index is 13.2. The molecule has 4 rings (SSSR count). The molecule has 0 bridgehead atoms. The van der Waals surface area contributed by atoms with Crippen LogP contribution in [0.5, 0.6) is 0 Å². The zero-order valence-electron chi connectivity index (χ0n) is 21.5. The summed E-state index contributed by atoms with van der Waals surface area (Å²) < 4.78 is 0. The van der Waals surface area contributed by atoms with Gasteiger partial charge in [0, 0.05) is 22.9 Å². The van der Waals surface area contributed by atoms with E-state index >= 15 is 0 Å². The van der Waals surface area contributed by atoms with E-state index in [2.05, 4.69) is 10.6 Å². The molecule has 40 heavy (non-hydrogen) atoms. The Balaban J connectivity index is 1.51. The molecule has 0 aliphatic rings. The van der Waals surface area contributed by atoms with Gasteiger partial charge in [0.25, 0.3) is 17.5 Å². The number of allylic oxidation sites excluding steroid dienone is 1. The van der Waals surface area contributed by atoms with Crippen LogP contribution in [0.3, 0.4) is 0 Å². The fourth-order valence-electron chi connectivity index (χ4n) is 3.82. The highest BCUT2D eigenvalue weighted by Gasteiger charge is 2.16. The standard InChI is InChI=1S/C32H25N3O5/c1-22-9-5-6-13-26(22)21-28(34-31(37)25-11-3-2-4-12-25)32(38)33-27-18-15-24(16-19-27)30(36)20-17-23-10-7-8-14-29(23)35(39)40/h2-21H,1H3,(H,33,38)(H,34,37)/b20-17+,28-21-. The summed E-state index contributed by atoms with van der Waals surface area (Å²) in [4.78, 5) is 49.4. The molecule has 2 amide bonds. The summed E-state index contributed by atoms with van der Waals surface area (Å²) in [5.41, 5.74) is 3.12. The van der Waals surface area contributed by atoms with E-state index in [1.807, 2.05) is 31.2 Å². The lowest BCUT2D eigenvalue weighted by molar-refractivity contribution is -0.385. The largest absolute Gasteiger partial charge is 0.321 e. The number of para-hydroxylation sites is 1. The number of hydrogen-bond donors (Lipinski definition) is 2. The van der Waals surface area contributed by atoms with Crippen LogP contribution in [0.15, 0.2) is 115 Å². The topological polar surface area (TPSA) is 118 Å². The highest BCUT2D eigenvalue weighted by Crippen LogP contribution is 2.20. The number of amides is 2. The molecular weight excluding hydrogens is 506 g/mol. The van der Waals surface area contributed by atoms with Crippen molar-refractivity contribution in [3.63, 3.8) is 0 Å². The smallest absolute Gasteiger partial charge is 0.276 e. The number of nitro benzene ring substituents is 1. The summed E-state index contributed by atoms with van der Waals surface area (Å²) >= 11 is 0. The Morgan fingerprint density at radius 2 is 1.38 bits per heavy atom. The second-order valence-electron chi connectivity index (χ2n) is 8.78. The van der Waals surface area contributed by atoms with Gasteiger partial charge in [-0.25, -0.2) is 0 Å². The van der Waals surface area contributed by atoms with Gasteiger partial charge in [-0.2, -0.15) is 0 Å². The number of anilines is 1. The van der Waals surface area contributed by atoms with E-state index in [-0.39, 0.29) is 17.2 Å². The van der Waals surface area contributed by atoms with Crippen LogP contribution >= 0.6 is 0 Å². The molecule has 0 unspecified atom stereocenters. The quantitative estimate of drug-likeness (QED) is 0.115. The Hall–Kier alpha value is -5.63. The summed E-state index contributed by atoms with van der Waals surface area (Å²) in [7, 11) is 0. The Labute approximate surface area is 230 Å². The number of aryl methyl sites for hydroxylation is 1. The van der Waals surface area contributed by atoms with Crippen LogP contribution in [0.1, 0.15) is 37.4 Å². The normalized spacial score (nSPS) is 11.2. The van der Waals surface area contributed by atoms with Gasteiger partial charge in [-0.15, -0.1) is 0 Å². The molecule has 8 heteroatoms. The first-order valence-corrected chi connectivity index (χ1v) is 12.3. The third kappa shape index (κ3) is 7.02. The van der Waals surface area contributed by atoms with Gasteiger partial charge in [0.15, 0.2) is 5.78 Å². The number of nitrogens with one attached hydrogen (secondary N) is 2. The predicted molar refractivity (Wildman–Crippen MR) is 155 cm³/mol. The van der Waals surface area contributed by atoms with Crippen molar-refractivity contribution >= 4 is 41.1 Å². The van der Waals surface area contributed by atoms with Gasteiger partial charge in [0.05, 0.1) is 10.5 Å². The first-order chi connectivity index (χ1) is 19.3. The molecule has 198 valence electrons. The van der Waals surface area contributed by atoms with E-state index in [1.54, 1.807) is 66.7 Å². The lowest BCUT2D eigenvalue weighted by Gasteiger charge is -2.12. The summed E-state index contributed by atoms with van der Waals surface area (Å²) in [6.07, 6.45) is 4.27. The Kier molecular flexibility index (Phi) is 8.73. The first-order valence-electron chi connectivity index (χ1n) is 12.3. The minimum Gasteiger partial charge on any atom is -0.321 e. The number of ketones is 1. The highest BCUT2D eigenvalue weighted by molar-refractivity contribution is 6.11. The molecule has 0 aliphatic heterocycles. The van der Waals surface area contributed by atoms with Crippen LogP contribution in [-0.4, -0.2) is 22.5 Å². The van der Waals surface area contributed by atoms with Crippen LogP contribution in [0.2, 0.25) is 0 Å². The summed E-state index contributed by atoms with van der Waals surface area (Å²) in [6, 6.07) is 28.4. The van der Waals surface area contributed by atoms with E-state index in [0.29, 0.717) is 22.4 Å². The third-order valence-corrected chi connectivity index (χ3v) is 5.99. The minimum atomic E-state index is -0.539. The number of benzene rings is 4. The highest BCUT2D eigenvalue weighted by atomic mass is 16.6. The van der Waals surface area contributed by atoms with Crippen LogP contribution in [0.4, 0.5) is 11.4 Å². The van der Waals surface area contributed by atoms with Crippen molar-refractivity contribution in [2.24, 2.45) is 0 Å². The monoisotopic (exact) mass is 531 g/mol. The molecule has 0 aliphatic carbocycles. The van der Waals surface area contributed by atoms with Gasteiger partial charge in [-0.3, -0.25) is 24.5 Å². The van der Waals surface area contributed by atoms with Crippen molar-refractivity contribution in [1.82, 2.24) is 5.32 Å². The van der Waals surface area contributed by atoms with E-state index < -0.39 is 16.7 Å². The number of rotatable bonds is 9. The van der Waals surface area contributed by atoms with Crippen molar-refractivity contribution in [2.75, 3.05) is 5.32 Å². The fraction of sp³-hybridized carbons (Fsp3) is 0.0312. The van der Waals surface area contributed by atoms with Gasteiger partial charge in [-0.05, 0) is 78.7 Å². The maximum Gasteiger partial charge on any atom is 0.276 e. The SMILES string of the molecule is Cc1ccccc1/C=C(\NC(=O)c1ccccc1)C(=O)Nc1ccc(C(=O)/C=C/c2ccccc2[N+](=O)[O-])cc1. The van der Waals surface area contributed by atoms with Gasteiger partial charge < -0.3 is 10.6 Å². The molecule has 0 fully saturated rings. The molecule has 0 spiro atoms. The molecule has 0 heterocycles. The van der Waals surface area contributed by atoms with Crippen molar-refractivity contribution in [1.29, 1.82) is 0 Å². The van der Waals surface area contributed by atoms with E-state index in [0.717, 1.165) is 11.1 Å².